The lowest BCUT2D eigenvalue weighted by Crippen LogP contribution is -2.42. The van der Waals surface area contributed by atoms with E-state index in [1.54, 1.807) is 7.11 Å². The Hall–Kier alpha value is -2.21. The third-order valence-electron chi connectivity index (χ3n) is 7.36. The van der Waals surface area contributed by atoms with Crippen LogP contribution in [0, 0.1) is 12.8 Å². The molecule has 3 N–H and O–H groups in total. The summed E-state index contributed by atoms with van der Waals surface area (Å²) in [5.41, 5.74) is 2.14. The first kappa shape index (κ1) is 27.4. The maximum atomic E-state index is 13.3. The van der Waals surface area contributed by atoms with Crippen molar-refractivity contribution in [2.75, 3.05) is 27.3 Å². The Morgan fingerprint density at radius 1 is 1.09 bits per heavy atom. The Morgan fingerprint density at radius 2 is 1.80 bits per heavy atom. The molecule has 2 atom stereocenters. The smallest absolute Gasteiger partial charge is 0.251 e. The van der Waals surface area contributed by atoms with Gasteiger partial charge in [-0.05, 0) is 68.8 Å². The van der Waals surface area contributed by atoms with Crippen molar-refractivity contribution in [2.24, 2.45) is 5.92 Å². The van der Waals surface area contributed by atoms with Gasteiger partial charge in [-0.1, -0.05) is 74.1 Å². The van der Waals surface area contributed by atoms with Gasteiger partial charge in [0.05, 0.1) is 0 Å². The molecule has 0 spiro atoms. The highest BCUT2D eigenvalue weighted by molar-refractivity contribution is 5.94. The number of amides is 1. The Morgan fingerprint density at radius 3 is 2.49 bits per heavy atom. The number of methoxy groups -OCH3 is 1. The van der Waals surface area contributed by atoms with E-state index in [2.05, 4.69) is 10.6 Å². The maximum absolute atomic E-state index is 13.3. The van der Waals surface area contributed by atoms with Crippen LogP contribution in [-0.4, -0.2) is 44.4 Å². The molecule has 2 aromatic carbocycles. The highest BCUT2D eigenvalue weighted by atomic mass is 16.5. The minimum absolute atomic E-state index is 0.0751. The molecule has 5 nitrogen and oxygen atoms in total. The van der Waals surface area contributed by atoms with Gasteiger partial charge in [-0.25, -0.2) is 0 Å². The van der Waals surface area contributed by atoms with Gasteiger partial charge in [0.25, 0.3) is 5.91 Å². The van der Waals surface area contributed by atoms with Crippen LogP contribution < -0.4 is 10.6 Å². The average molecular weight is 481 g/mol. The van der Waals surface area contributed by atoms with Crippen LogP contribution >= 0.6 is 0 Å². The van der Waals surface area contributed by atoms with Crippen LogP contribution in [0.15, 0.2) is 48.5 Å². The molecule has 2 aromatic rings. The highest BCUT2D eigenvalue weighted by Crippen LogP contribution is 2.35. The first-order chi connectivity index (χ1) is 17.0. The van der Waals surface area contributed by atoms with E-state index >= 15 is 0 Å². The van der Waals surface area contributed by atoms with Gasteiger partial charge in [-0.15, -0.1) is 0 Å². The van der Waals surface area contributed by atoms with E-state index < -0.39 is 5.60 Å². The van der Waals surface area contributed by atoms with Gasteiger partial charge in [-0.2, -0.15) is 0 Å². The molecular weight excluding hydrogens is 436 g/mol. The van der Waals surface area contributed by atoms with Crippen molar-refractivity contribution >= 4 is 5.91 Å². The summed E-state index contributed by atoms with van der Waals surface area (Å²) in [4.78, 5) is 13.3. The summed E-state index contributed by atoms with van der Waals surface area (Å²) in [6.45, 7) is 3.46. The lowest BCUT2D eigenvalue weighted by Gasteiger charge is -2.30. The molecule has 5 heteroatoms. The van der Waals surface area contributed by atoms with Crippen molar-refractivity contribution in [1.29, 1.82) is 0 Å². The van der Waals surface area contributed by atoms with Gasteiger partial charge in [0.2, 0.25) is 0 Å². The number of hydrogen-bond donors (Lipinski definition) is 3. The molecule has 0 saturated heterocycles. The third kappa shape index (κ3) is 7.89. The molecule has 0 heterocycles. The topological polar surface area (TPSA) is 70.6 Å². The van der Waals surface area contributed by atoms with Crippen LogP contribution in [0.4, 0.5) is 0 Å². The number of likely N-dealkylation sites (N-methyl/N-ethyl adjacent to an activating group) is 1. The summed E-state index contributed by atoms with van der Waals surface area (Å²) in [6, 6.07) is 15.7. The van der Waals surface area contributed by atoms with Crippen molar-refractivity contribution in [3.05, 3.63) is 70.8 Å². The summed E-state index contributed by atoms with van der Waals surface area (Å²) < 4.78 is 5.21. The number of aliphatic hydroxyl groups is 1. The molecule has 0 radical (unpaired) electrons. The van der Waals surface area contributed by atoms with Gasteiger partial charge in [-0.3, -0.25) is 4.79 Å². The zero-order valence-corrected chi connectivity index (χ0v) is 21.8. The summed E-state index contributed by atoms with van der Waals surface area (Å²) in [5.74, 6) is 0.612. The van der Waals surface area contributed by atoms with Crippen molar-refractivity contribution in [3.8, 4) is 0 Å². The molecule has 1 fully saturated rings. The van der Waals surface area contributed by atoms with Crippen LogP contribution in [0.5, 0.6) is 0 Å². The molecule has 0 aliphatic heterocycles. The minimum Gasteiger partial charge on any atom is -0.385 e. The number of nitrogens with one attached hydrogen (secondary N) is 2. The second-order valence-corrected chi connectivity index (χ2v) is 10.2. The second kappa shape index (κ2) is 13.8. The molecule has 1 aliphatic carbocycles. The molecule has 1 amide bonds. The number of unbranched alkanes of at least 4 members (excludes halogenated alkanes) is 1. The molecule has 0 unspecified atom stereocenters. The quantitative estimate of drug-likeness (QED) is 0.339. The van der Waals surface area contributed by atoms with Crippen LogP contribution in [0.1, 0.15) is 84.8 Å². The van der Waals surface area contributed by atoms with Gasteiger partial charge in [0, 0.05) is 31.9 Å². The van der Waals surface area contributed by atoms with Crippen molar-refractivity contribution in [3.63, 3.8) is 0 Å². The van der Waals surface area contributed by atoms with Crippen LogP contribution in [0.3, 0.4) is 0 Å². The van der Waals surface area contributed by atoms with Crippen LogP contribution in [-0.2, 0) is 10.3 Å². The summed E-state index contributed by atoms with van der Waals surface area (Å²) in [7, 11) is 3.64. The second-order valence-electron chi connectivity index (χ2n) is 10.2. The Bertz CT molecular complexity index is 925. The molecule has 192 valence electrons. The van der Waals surface area contributed by atoms with Crippen molar-refractivity contribution < 1.29 is 14.6 Å². The van der Waals surface area contributed by atoms with Crippen molar-refractivity contribution in [1.82, 2.24) is 10.6 Å². The average Bonchev–Trinajstić information content (AvgIpc) is 2.87. The Labute approximate surface area is 211 Å². The summed E-state index contributed by atoms with van der Waals surface area (Å²) in [5, 5.41) is 18.5. The van der Waals surface area contributed by atoms with E-state index in [9.17, 15) is 9.90 Å². The highest BCUT2D eigenvalue weighted by Gasteiger charge is 2.32. The molecule has 1 saturated carbocycles. The number of ether oxygens (including phenoxy) is 1. The number of benzene rings is 2. The predicted octanol–water partition coefficient (Wildman–Crippen LogP) is 5.34. The van der Waals surface area contributed by atoms with E-state index in [4.69, 9.17) is 4.74 Å². The Balaban J connectivity index is 1.80. The Kier molecular flexibility index (Phi) is 10.8. The third-order valence-corrected chi connectivity index (χ3v) is 7.36. The molecule has 35 heavy (non-hydrogen) atoms. The fourth-order valence-corrected chi connectivity index (χ4v) is 5.44. The maximum Gasteiger partial charge on any atom is 0.251 e. The fraction of sp³-hybridized carbons (Fsp3) is 0.567. The normalized spacial score (nSPS) is 17.0. The van der Waals surface area contributed by atoms with Crippen LogP contribution in [0.25, 0.3) is 0 Å². The zero-order chi connectivity index (χ0) is 25.1. The number of carbonyl (C=O) groups excluding carboxylic acids is 1. The van der Waals surface area contributed by atoms with E-state index in [0.29, 0.717) is 24.5 Å². The molecule has 0 aromatic heterocycles. The van der Waals surface area contributed by atoms with E-state index in [1.807, 2.05) is 62.5 Å². The van der Waals surface area contributed by atoms with E-state index in [1.165, 1.54) is 32.1 Å². The largest absolute Gasteiger partial charge is 0.385 e. The minimum atomic E-state index is -1.16. The monoisotopic (exact) mass is 480 g/mol. The summed E-state index contributed by atoms with van der Waals surface area (Å²) in [6.07, 6.45) is 9.73. The van der Waals surface area contributed by atoms with Gasteiger partial charge in [0.1, 0.15) is 5.60 Å². The molecular formula is C30H44N2O3. The molecule has 3 rings (SSSR count). The lowest BCUT2D eigenvalue weighted by atomic mass is 9.81. The predicted molar refractivity (Wildman–Crippen MR) is 143 cm³/mol. The zero-order valence-electron chi connectivity index (χ0n) is 21.8. The van der Waals surface area contributed by atoms with Crippen LogP contribution in [0.2, 0.25) is 0 Å². The SMILES string of the molecule is CNC[C@H](CC1CCCCC1)NC(=O)c1cccc([C@](O)(CCCCOC)c2cccc(C)c2)c1. The van der Waals surface area contributed by atoms with E-state index in [-0.39, 0.29) is 11.9 Å². The van der Waals surface area contributed by atoms with Gasteiger partial charge in [0.15, 0.2) is 0 Å². The number of rotatable bonds is 13. The first-order valence-corrected chi connectivity index (χ1v) is 13.3. The fourth-order valence-electron chi connectivity index (χ4n) is 5.44. The molecule has 1 aliphatic rings. The first-order valence-electron chi connectivity index (χ1n) is 13.3. The van der Waals surface area contributed by atoms with Gasteiger partial charge < -0.3 is 20.5 Å². The number of aryl methyl sites for hydroxylation is 1. The standard InChI is InChI=1S/C30H44N2O3/c1-23-11-9-15-26(19-23)30(34,17-7-8-18-35-3)27-16-10-14-25(21-27)29(33)32-28(22-31-2)20-24-12-5-4-6-13-24/h9-11,14-16,19,21,24,28,31,34H,4-8,12-13,17-18,20,22H2,1-3H3,(H,32,33)/t28-,30-/m0/s1. The van der Waals surface area contributed by atoms with E-state index in [0.717, 1.165) is 42.5 Å². The molecule has 0 bridgehead atoms. The number of carbonyl (C=O) groups is 1. The van der Waals surface area contributed by atoms with Crippen molar-refractivity contribution in [2.45, 2.75) is 76.4 Å². The summed E-state index contributed by atoms with van der Waals surface area (Å²) >= 11 is 0. The number of hydrogen-bond acceptors (Lipinski definition) is 4. The lowest BCUT2D eigenvalue weighted by molar-refractivity contribution is 0.0649. The van der Waals surface area contributed by atoms with Gasteiger partial charge >= 0.3 is 0 Å².